The van der Waals surface area contributed by atoms with Crippen molar-refractivity contribution in [1.82, 2.24) is 5.32 Å². The molecule has 2 heteroatoms. The summed E-state index contributed by atoms with van der Waals surface area (Å²) in [7, 11) is 2.02. The van der Waals surface area contributed by atoms with Crippen LogP contribution in [0, 0.1) is 6.92 Å². The van der Waals surface area contributed by atoms with E-state index in [0.717, 1.165) is 0 Å². The Bertz CT molecular complexity index is 482. The van der Waals surface area contributed by atoms with Gasteiger partial charge in [0.15, 0.2) is 0 Å². The smallest absolute Gasteiger partial charge is 0.0392 e. The second-order valence-corrected chi connectivity index (χ2v) is 5.66. The minimum Gasteiger partial charge on any atom is -0.311 e. The zero-order valence-electron chi connectivity index (χ0n) is 9.72. The van der Waals surface area contributed by atoms with Gasteiger partial charge in [-0.2, -0.15) is 0 Å². The Labute approximate surface area is 95.1 Å². The van der Waals surface area contributed by atoms with Gasteiger partial charge in [-0.1, -0.05) is 18.2 Å². The molecule has 1 nitrogen and oxygen atoms in total. The van der Waals surface area contributed by atoms with Crippen LogP contribution in [0.1, 0.15) is 24.3 Å². The number of hydrogen-bond donors (Lipinski definition) is 1. The topological polar surface area (TPSA) is 12.0 Å². The third kappa shape index (κ3) is 1.68. The molecule has 1 aromatic carbocycles. The maximum atomic E-state index is 3.38. The third-order valence-corrected chi connectivity index (χ3v) is 4.11. The van der Waals surface area contributed by atoms with E-state index in [9.17, 15) is 0 Å². The third-order valence-electron chi connectivity index (χ3n) is 3.02. The number of rotatable bonds is 2. The Kier molecular flexibility index (Phi) is 2.57. The van der Waals surface area contributed by atoms with Gasteiger partial charge in [-0.15, -0.1) is 11.3 Å². The molecule has 1 aromatic heterocycles. The molecule has 0 aliphatic rings. The SMILES string of the molecule is CNC(C)(C)c1c(C)sc2ccccc12. The van der Waals surface area contributed by atoms with E-state index in [0.29, 0.717) is 0 Å². The van der Waals surface area contributed by atoms with Crippen LogP contribution in [0.3, 0.4) is 0 Å². The lowest BCUT2D eigenvalue weighted by atomic mass is 9.92. The summed E-state index contributed by atoms with van der Waals surface area (Å²) in [4.78, 5) is 1.41. The van der Waals surface area contributed by atoms with Crippen molar-refractivity contribution in [2.75, 3.05) is 7.05 Å². The molecular formula is C13H17NS. The zero-order chi connectivity index (χ0) is 11.1. The van der Waals surface area contributed by atoms with Gasteiger partial charge < -0.3 is 5.32 Å². The van der Waals surface area contributed by atoms with Gasteiger partial charge in [0, 0.05) is 15.1 Å². The number of hydrogen-bond acceptors (Lipinski definition) is 2. The van der Waals surface area contributed by atoms with E-state index in [4.69, 9.17) is 0 Å². The number of fused-ring (bicyclic) bond motifs is 1. The van der Waals surface area contributed by atoms with E-state index in [-0.39, 0.29) is 5.54 Å². The van der Waals surface area contributed by atoms with Crippen LogP contribution in [0.15, 0.2) is 24.3 Å². The van der Waals surface area contributed by atoms with Crippen molar-refractivity contribution < 1.29 is 0 Å². The van der Waals surface area contributed by atoms with Crippen LogP contribution >= 0.6 is 11.3 Å². The van der Waals surface area contributed by atoms with Gasteiger partial charge in [-0.3, -0.25) is 0 Å². The first kappa shape index (κ1) is 10.7. The van der Waals surface area contributed by atoms with Crippen LogP contribution in [0.2, 0.25) is 0 Å². The summed E-state index contributed by atoms with van der Waals surface area (Å²) in [5.41, 5.74) is 1.48. The second-order valence-electron chi connectivity index (χ2n) is 4.40. The van der Waals surface area contributed by atoms with Crippen molar-refractivity contribution in [2.45, 2.75) is 26.3 Å². The molecule has 1 heterocycles. The summed E-state index contributed by atoms with van der Waals surface area (Å²) < 4.78 is 1.38. The molecule has 0 saturated carbocycles. The highest BCUT2D eigenvalue weighted by Gasteiger charge is 2.24. The predicted molar refractivity (Wildman–Crippen MR) is 68.6 cm³/mol. The first-order valence-electron chi connectivity index (χ1n) is 5.24. The molecule has 0 fully saturated rings. The Hall–Kier alpha value is -0.860. The van der Waals surface area contributed by atoms with Crippen LogP contribution < -0.4 is 5.32 Å². The van der Waals surface area contributed by atoms with E-state index in [2.05, 4.69) is 50.4 Å². The van der Waals surface area contributed by atoms with Crippen molar-refractivity contribution in [2.24, 2.45) is 0 Å². The van der Waals surface area contributed by atoms with E-state index in [1.165, 1.54) is 20.5 Å². The van der Waals surface area contributed by atoms with Crippen molar-refractivity contribution >= 4 is 21.4 Å². The summed E-state index contributed by atoms with van der Waals surface area (Å²) in [5, 5.41) is 4.77. The molecule has 0 unspecified atom stereocenters. The molecule has 0 amide bonds. The highest BCUT2D eigenvalue weighted by molar-refractivity contribution is 7.19. The van der Waals surface area contributed by atoms with Gasteiger partial charge in [0.1, 0.15) is 0 Å². The van der Waals surface area contributed by atoms with E-state index >= 15 is 0 Å². The monoisotopic (exact) mass is 219 g/mol. The molecule has 15 heavy (non-hydrogen) atoms. The molecule has 0 atom stereocenters. The summed E-state index contributed by atoms with van der Waals surface area (Å²) in [5.74, 6) is 0. The van der Waals surface area contributed by atoms with Crippen molar-refractivity contribution in [3.05, 3.63) is 34.7 Å². The molecule has 0 saturated heterocycles. The predicted octanol–water partition coefficient (Wildman–Crippen LogP) is 3.66. The van der Waals surface area contributed by atoms with Gasteiger partial charge in [0.05, 0.1) is 0 Å². The zero-order valence-corrected chi connectivity index (χ0v) is 10.5. The first-order chi connectivity index (χ1) is 7.06. The molecule has 2 aromatic rings. The Morgan fingerprint density at radius 1 is 1.20 bits per heavy atom. The Morgan fingerprint density at radius 2 is 1.87 bits per heavy atom. The summed E-state index contributed by atoms with van der Waals surface area (Å²) in [6.45, 7) is 6.67. The minimum absolute atomic E-state index is 0.0453. The lowest BCUT2D eigenvalue weighted by molar-refractivity contribution is 0.447. The molecular weight excluding hydrogens is 202 g/mol. The Morgan fingerprint density at radius 3 is 2.53 bits per heavy atom. The fourth-order valence-corrected chi connectivity index (χ4v) is 3.29. The number of thiophene rings is 1. The van der Waals surface area contributed by atoms with E-state index in [1.54, 1.807) is 0 Å². The molecule has 0 aliphatic heterocycles. The highest BCUT2D eigenvalue weighted by atomic mass is 32.1. The average molecular weight is 219 g/mol. The molecule has 0 aliphatic carbocycles. The summed E-state index contributed by atoms with van der Waals surface area (Å²) >= 11 is 1.88. The lowest BCUT2D eigenvalue weighted by Gasteiger charge is -2.25. The van der Waals surface area contributed by atoms with Crippen LogP contribution in [-0.2, 0) is 5.54 Å². The van der Waals surface area contributed by atoms with E-state index < -0.39 is 0 Å². The van der Waals surface area contributed by atoms with E-state index in [1.807, 2.05) is 18.4 Å². The second kappa shape index (κ2) is 3.62. The van der Waals surface area contributed by atoms with Gasteiger partial charge in [-0.05, 0) is 44.8 Å². The lowest BCUT2D eigenvalue weighted by Crippen LogP contribution is -2.33. The normalized spacial score (nSPS) is 12.3. The quantitative estimate of drug-likeness (QED) is 0.812. The highest BCUT2D eigenvalue weighted by Crippen LogP contribution is 2.37. The maximum absolute atomic E-state index is 3.38. The number of benzene rings is 1. The van der Waals surface area contributed by atoms with Gasteiger partial charge in [0.2, 0.25) is 0 Å². The van der Waals surface area contributed by atoms with Crippen molar-refractivity contribution in [3.63, 3.8) is 0 Å². The molecule has 1 N–H and O–H groups in total. The summed E-state index contributed by atoms with van der Waals surface area (Å²) in [6, 6.07) is 8.63. The number of aryl methyl sites for hydroxylation is 1. The fourth-order valence-electron chi connectivity index (χ4n) is 2.07. The average Bonchev–Trinajstić information content (AvgIpc) is 2.54. The van der Waals surface area contributed by atoms with Crippen LogP contribution in [0.5, 0.6) is 0 Å². The van der Waals surface area contributed by atoms with Gasteiger partial charge in [-0.25, -0.2) is 0 Å². The van der Waals surface area contributed by atoms with Crippen LogP contribution in [0.25, 0.3) is 10.1 Å². The molecule has 80 valence electrons. The summed E-state index contributed by atoms with van der Waals surface area (Å²) in [6.07, 6.45) is 0. The first-order valence-corrected chi connectivity index (χ1v) is 6.05. The standard InChI is InChI=1S/C13H17NS/c1-9-12(13(2,3)14-4)10-7-5-6-8-11(10)15-9/h5-8,14H,1-4H3. The van der Waals surface area contributed by atoms with Gasteiger partial charge in [0.25, 0.3) is 0 Å². The minimum atomic E-state index is 0.0453. The van der Waals surface area contributed by atoms with Gasteiger partial charge >= 0.3 is 0 Å². The number of nitrogens with one attached hydrogen (secondary N) is 1. The maximum Gasteiger partial charge on any atom is 0.0392 e. The van der Waals surface area contributed by atoms with Crippen molar-refractivity contribution in [3.8, 4) is 0 Å². The molecule has 0 spiro atoms. The molecule has 0 bridgehead atoms. The molecule has 0 radical (unpaired) electrons. The van der Waals surface area contributed by atoms with Crippen LogP contribution in [-0.4, -0.2) is 7.05 Å². The molecule has 2 rings (SSSR count). The Balaban J connectivity index is 2.74. The fraction of sp³-hybridized carbons (Fsp3) is 0.385. The largest absolute Gasteiger partial charge is 0.311 e. The van der Waals surface area contributed by atoms with Crippen LogP contribution in [0.4, 0.5) is 0 Å². The van der Waals surface area contributed by atoms with Crippen molar-refractivity contribution in [1.29, 1.82) is 0 Å².